The normalized spacial score (nSPS) is 21.8. The van der Waals surface area contributed by atoms with Crippen molar-refractivity contribution in [2.24, 2.45) is 11.8 Å². The second kappa shape index (κ2) is 8.05. The molecule has 2 aliphatic heterocycles. The third-order valence-corrected chi connectivity index (χ3v) is 3.38. The van der Waals surface area contributed by atoms with Crippen LogP contribution in [0.4, 0.5) is 0 Å². The molecule has 0 amide bonds. The lowest BCUT2D eigenvalue weighted by Gasteiger charge is -2.17. The maximum Gasteiger partial charge on any atom is 0.306 e. The number of carboxylic acids is 2. The molecule has 0 aromatic heterocycles. The summed E-state index contributed by atoms with van der Waals surface area (Å²) in [5, 5.41) is 23.2. The monoisotopic (exact) mass is 258 g/mol. The molecule has 2 rings (SSSR count). The Morgan fingerprint density at radius 2 is 1.00 bits per heavy atom. The molecule has 6 nitrogen and oxygen atoms in total. The summed E-state index contributed by atoms with van der Waals surface area (Å²) in [6.07, 6.45) is 3.15. The van der Waals surface area contributed by atoms with E-state index in [4.69, 9.17) is 10.2 Å². The Balaban J connectivity index is 0.000000180. The molecule has 0 spiro atoms. The number of aliphatic carboxylic acids is 2. The molecule has 2 heterocycles. The topological polar surface area (TPSA) is 98.7 Å². The van der Waals surface area contributed by atoms with Gasteiger partial charge in [-0.1, -0.05) is 0 Å². The molecule has 4 N–H and O–H groups in total. The van der Waals surface area contributed by atoms with Crippen LogP contribution in [0.2, 0.25) is 0 Å². The van der Waals surface area contributed by atoms with Crippen molar-refractivity contribution >= 4 is 11.9 Å². The molecular weight excluding hydrogens is 236 g/mol. The molecule has 18 heavy (non-hydrogen) atoms. The van der Waals surface area contributed by atoms with Crippen LogP contribution in [0.15, 0.2) is 0 Å². The van der Waals surface area contributed by atoms with Crippen molar-refractivity contribution in [3.8, 4) is 0 Å². The van der Waals surface area contributed by atoms with Crippen LogP contribution in [0.3, 0.4) is 0 Å². The number of piperidine rings is 2. The molecule has 0 aromatic rings. The summed E-state index contributed by atoms with van der Waals surface area (Å²) >= 11 is 0. The van der Waals surface area contributed by atoms with Crippen molar-refractivity contribution < 1.29 is 19.8 Å². The highest BCUT2D eigenvalue weighted by atomic mass is 16.4. The predicted octanol–water partition coefficient (Wildman–Crippen LogP) is 0.141. The van der Waals surface area contributed by atoms with Gasteiger partial charge in [-0.3, -0.25) is 9.59 Å². The minimum absolute atomic E-state index is 0.0914. The molecule has 2 aliphatic rings. The van der Waals surface area contributed by atoms with E-state index in [9.17, 15) is 9.59 Å². The first-order valence-corrected chi connectivity index (χ1v) is 6.48. The number of hydrogen-bond donors (Lipinski definition) is 4. The Hall–Kier alpha value is -1.14. The van der Waals surface area contributed by atoms with Gasteiger partial charge in [0.15, 0.2) is 0 Å². The standard InChI is InChI=1S/2C6H11NO2/c2*8-6(9)5-1-3-7-4-2-5/h2*5,7H,1-4H2,(H,8,9). The molecule has 0 aliphatic carbocycles. The molecule has 0 aromatic carbocycles. The SMILES string of the molecule is O=C(O)C1CCNCC1.O=C(O)C1CCNCC1. The maximum absolute atomic E-state index is 10.3. The molecule has 0 bridgehead atoms. The fourth-order valence-electron chi connectivity index (χ4n) is 2.14. The van der Waals surface area contributed by atoms with Gasteiger partial charge in [0.2, 0.25) is 0 Å². The zero-order valence-corrected chi connectivity index (χ0v) is 10.5. The third kappa shape index (κ3) is 5.46. The van der Waals surface area contributed by atoms with Crippen LogP contribution in [0, 0.1) is 11.8 Å². The Morgan fingerprint density at radius 1 is 0.722 bits per heavy atom. The summed E-state index contributed by atoms with van der Waals surface area (Å²) in [5.41, 5.74) is 0. The Kier molecular flexibility index (Phi) is 6.67. The van der Waals surface area contributed by atoms with Gasteiger partial charge in [0, 0.05) is 0 Å². The molecular formula is C12H22N2O4. The van der Waals surface area contributed by atoms with Gasteiger partial charge in [0.1, 0.15) is 0 Å². The van der Waals surface area contributed by atoms with E-state index in [1.165, 1.54) is 0 Å². The molecule has 0 atom stereocenters. The lowest BCUT2D eigenvalue weighted by Crippen LogP contribution is -2.31. The second-order valence-corrected chi connectivity index (χ2v) is 4.73. The van der Waals surface area contributed by atoms with Crippen LogP contribution in [0.5, 0.6) is 0 Å². The van der Waals surface area contributed by atoms with Crippen molar-refractivity contribution in [2.45, 2.75) is 25.7 Å². The van der Waals surface area contributed by atoms with Gasteiger partial charge in [0.05, 0.1) is 11.8 Å². The van der Waals surface area contributed by atoms with Gasteiger partial charge in [-0.15, -0.1) is 0 Å². The van der Waals surface area contributed by atoms with E-state index in [1.807, 2.05) is 0 Å². The summed E-state index contributed by atoms with van der Waals surface area (Å²) in [4.78, 5) is 20.7. The first kappa shape index (κ1) is 14.9. The van der Waals surface area contributed by atoms with Crippen molar-refractivity contribution in [1.29, 1.82) is 0 Å². The van der Waals surface area contributed by atoms with Crippen molar-refractivity contribution in [3.63, 3.8) is 0 Å². The van der Waals surface area contributed by atoms with Crippen LogP contribution in [0.1, 0.15) is 25.7 Å². The molecule has 2 saturated heterocycles. The molecule has 2 fully saturated rings. The van der Waals surface area contributed by atoms with E-state index in [2.05, 4.69) is 10.6 Å². The average Bonchev–Trinajstić information content (AvgIpc) is 2.41. The van der Waals surface area contributed by atoms with Gasteiger partial charge in [-0.05, 0) is 51.9 Å². The van der Waals surface area contributed by atoms with Gasteiger partial charge in [0.25, 0.3) is 0 Å². The van der Waals surface area contributed by atoms with E-state index < -0.39 is 11.9 Å². The number of rotatable bonds is 2. The van der Waals surface area contributed by atoms with Crippen LogP contribution in [-0.2, 0) is 9.59 Å². The lowest BCUT2D eigenvalue weighted by molar-refractivity contribution is -0.143. The van der Waals surface area contributed by atoms with E-state index in [0.717, 1.165) is 51.9 Å². The van der Waals surface area contributed by atoms with E-state index in [0.29, 0.717) is 0 Å². The summed E-state index contributed by atoms with van der Waals surface area (Å²) in [6, 6.07) is 0. The highest BCUT2D eigenvalue weighted by Crippen LogP contribution is 2.11. The van der Waals surface area contributed by atoms with Crippen molar-refractivity contribution in [3.05, 3.63) is 0 Å². The summed E-state index contributed by atoms with van der Waals surface area (Å²) in [7, 11) is 0. The number of hydrogen-bond acceptors (Lipinski definition) is 4. The van der Waals surface area contributed by atoms with Crippen LogP contribution in [-0.4, -0.2) is 48.3 Å². The summed E-state index contributed by atoms with van der Waals surface area (Å²) in [6.45, 7) is 3.43. The minimum Gasteiger partial charge on any atom is -0.481 e. The minimum atomic E-state index is -0.642. The molecule has 6 heteroatoms. The number of carboxylic acid groups (broad SMARTS) is 2. The first-order chi connectivity index (χ1) is 8.61. The predicted molar refractivity (Wildman–Crippen MR) is 66.5 cm³/mol. The zero-order valence-electron chi connectivity index (χ0n) is 10.5. The maximum atomic E-state index is 10.3. The molecule has 0 unspecified atom stereocenters. The largest absolute Gasteiger partial charge is 0.481 e. The number of nitrogens with one attached hydrogen (secondary N) is 2. The summed E-state index contributed by atoms with van der Waals surface area (Å²) < 4.78 is 0. The summed E-state index contributed by atoms with van der Waals surface area (Å²) in [5.74, 6) is -1.47. The number of carbonyl (C=O) groups is 2. The lowest BCUT2D eigenvalue weighted by atomic mass is 9.99. The van der Waals surface area contributed by atoms with E-state index in [1.54, 1.807) is 0 Å². The van der Waals surface area contributed by atoms with Gasteiger partial charge < -0.3 is 20.8 Å². The van der Waals surface area contributed by atoms with E-state index >= 15 is 0 Å². The second-order valence-electron chi connectivity index (χ2n) is 4.73. The quantitative estimate of drug-likeness (QED) is 0.562. The Bertz CT molecular complexity index is 243. The molecule has 104 valence electrons. The van der Waals surface area contributed by atoms with Gasteiger partial charge in [-0.2, -0.15) is 0 Å². The fraction of sp³-hybridized carbons (Fsp3) is 0.833. The van der Waals surface area contributed by atoms with Crippen LogP contribution >= 0.6 is 0 Å². The molecule has 0 radical (unpaired) electrons. The molecule has 0 saturated carbocycles. The van der Waals surface area contributed by atoms with Gasteiger partial charge >= 0.3 is 11.9 Å². The van der Waals surface area contributed by atoms with Crippen molar-refractivity contribution in [1.82, 2.24) is 10.6 Å². The highest BCUT2D eigenvalue weighted by Gasteiger charge is 2.19. The smallest absolute Gasteiger partial charge is 0.306 e. The fourth-order valence-corrected chi connectivity index (χ4v) is 2.14. The van der Waals surface area contributed by atoms with Crippen molar-refractivity contribution in [2.75, 3.05) is 26.2 Å². The third-order valence-electron chi connectivity index (χ3n) is 3.38. The van der Waals surface area contributed by atoms with E-state index in [-0.39, 0.29) is 11.8 Å². The average molecular weight is 258 g/mol. The van der Waals surface area contributed by atoms with Crippen LogP contribution < -0.4 is 10.6 Å². The van der Waals surface area contributed by atoms with Crippen LogP contribution in [0.25, 0.3) is 0 Å². The van der Waals surface area contributed by atoms with Gasteiger partial charge in [-0.25, -0.2) is 0 Å². The first-order valence-electron chi connectivity index (χ1n) is 6.48. The highest BCUT2D eigenvalue weighted by molar-refractivity contribution is 5.70. The Morgan fingerprint density at radius 3 is 1.17 bits per heavy atom. The zero-order chi connectivity index (χ0) is 13.4. The Labute approximate surface area is 107 Å².